The van der Waals surface area contributed by atoms with E-state index >= 15 is 0 Å². The maximum Gasteiger partial charge on any atom is 0.219 e. The molecule has 0 aromatic carbocycles. The van der Waals surface area contributed by atoms with Crippen molar-refractivity contribution in [2.45, 2.75) is 32.6 Å². The minimum atomic E-state index is 0.131. The molecule has 0 rings (SSSR count). The lowest BCUT2D eigenvalue weighted by Gasteiger charge is -2.02. The number of amides is 1. The molecule has 4 heteroatoms. The van der Waals surface area contributed by atoms with Crippen LogP contribution >= 0.6 is 0 Å². The Morgan fingerprint density at radius 2 is 2.25 bits per heavy atom. The largest absolute Gasteiger partial charge is 0.356 e. The number of carbonyl (C=O) groups excluding carboxylic acids is 1. The number of carbonyl (C=O) groups is 1. The van der Waals surface area contributed by atoms with Gasteiger partial charge in [0.15, 0.2) is 0 Å². The van der Waals surface area contributed by atoms with Gasteiger partial charge in [-0.3, -0.25) is 4.79 Å². The van der Waals surface area contributed by atoms with E-state index in [2.05, 4.69) is 10.2 Å². The van der Waals surface area contributed by atoms with E-state index in [1.165, 1.54) is 0 Å². The summed E-state index contributed by atoms with van der Waals surface area (Å²) in [7, 11) is 0. The molecule has 0 bridgehead atoms. The number of hydrogen-bond donors (Lipinski definition) is 2. The molecular weight excluding hydrogens is 156 g/mol. The minimum Gasteiger partial charge on any atom is -0.356 e. The van der Waals surface area contributed by atoms with E-state index in [4.69, 9.17) is 5.90 Å². The Bertz CT molecular complexity index is 118. The average Bonchev–Trinajstić information content (AvgIpc) is 2.05. The molecule has 0 radical (unpaired) electrons. The third kappa shape index (κ3) is 7.50. The number of nitrogens with one attached hydrogen (secondary N) is 1. The van der Waals surface area contributed by atoms with Gasteiger partial charge >= 0.3 is 0 Å². The van der Waals surface area contributed by atoms with Crippen LogP contribution in [0.15, 0.2) is 0 Å². The Morgan fingerprint density at radius 3 is 2.83 bits per heavy atom. The lowest BCUT2D eigenvalue weighted by atomic mass is 10.3. The molecule has 1 amide bonds. The third-order valence-corrected chi connectivity index (χ3v) is 1.49. The van der Waals surface area contributed by atoms with Gasteiger partial charge < -0.3 is 10.2 Å². The van der Waals surface area contributed by atoms with Crippen LogP contribution in [-0.2, 0) is 9.63 Å². The Kier molecular flexibility index (Phi) is 8.05. The van der Waals surface area contributed by atoms with Crippen LogP contribution in [0.2, 0.25) is 0 Å². The molecule has 0 fully saturated rings. The first-order valence-electron chi connectivity index (χ1n) is 4.39. The highest BCUT2D eigenvalue weighted by Crippen LogP contribution is 1.88. The van der Waals surface area contributed by atoms with Gasteiger partial charge in [0.25, 0.3) is 0 Å². The van der Waals surface area contributed by atoms with Crippen LogP contribution in [0.5, 0.6) is 0 Å². The summed E-state index contributed by atoms with van der Waals surface area (Å²) >= 11 is 0. The summed E-state index contributed by atoms with van der Waals surface area (Å²) in [5.74, 6) is 4.96. The van der Waals surface area contributed by atoms with Crippen molar-refractivity contribution in [1.82, 2.24) is 5.32 Å². The quantitative estimate of drug-likeness (QED) is 0.438. The molecule has 3 N–H and O–H groups in total. The number of hydrogen-bond acceptors (Lipinski definition) is 3. The highest BCUT2D eigenvalue weighted by atomic mass is 16.6. The van der Waals surface area contributed by atoms with Crippen LogP contribution in [0.4, 0.5) is 0 Å². The molecule has 0 aliphatic rings. The monoisotopic (exact) mass is 174 g/mol. The van der Waals surface area contributed by atoms with Crippen molar-refractivity contribution >= 4 is 5.91 Å². The molecule has 0 saturated heterocycles. The van der Waals surface area contributed by atoms with Crippen molar-refractivity contribution in [3.05, 3.63) is 0 Å². The zero-order valence-electron chi connectivity index (χ0n) is 7.64. The second-order valence-corrected chi connectivity index (χ2v) is 2.68. The van der Waals surface area contributed by atoms with E-state index < -0.39 is 0 Å². The standard InChI is InChI=1S/C8H18N2O2/c1-2-5-8(11)10-6-3-4-7-12-9/h2-7,9H2,1H3,(H,10,11). The maximum absolute atomic E-state index is 10.9. The van der Waals surface area contributed by atoms with Gasteiger partial charge in [-0.1, -0.05) is 6.92 Å². The molecule has 0 aromatic rings. The van der Waals surface area contributed by atoms with Gasteiger partial charge in [0, 0.05) is 13.0 Å². The van der Waals surface area contributed by atoms with E-state index in [1.807, 2.05) is 6.92 Å². The molecule has 0 atom stereocenters. The molecule has 0 aliphatic heterocycles. The Morgan fingerprint density at radius 1 is 1.50 bits per heavy atom. The maximum atomic E-state index is 10.9. The van der Waals surface area contributed by atoms with Crippen molar-refractivity contribution in [3.63, 3.8) is 0 Å². The van der Waals surface area contributed by atoms with Gasteiger partial charge in [0.2, 0.25) is 5.91 Å². The second kappa shape index (κ2) is 8.49. The summed E-state index contributed by atoms with van der Waals surface area (Å²) in [4.78, 5) is 15.3. The Labute approximate surface area is 73.4 Å². The highest BCUT2D eigenvalue weighted by Gasteiger charge is 1.96. The zero-order chi connectivity index (χ0) is 9.23. The van der Waals surface area contributed by atoms with Gasteiger partial charge in [-0.25, -0.2) is 5.90 Å². The van der Waals surface area contributed by atoms with Gasteiger partial charge in [0.05, 0.1) is 6.61 Å². The number of nitrogens with two attached hydrogens (primary N) is 1. The molecule has 0 aliphatic carbocycles. The lowest BCUT2D eigenvalue weighted by molar-refractivity contribution is -0.121. The molecule has 0 heterocycles. The fourth-order valence-corrected chi connectivity index (χ4v) is 0.854. The molecule has 0 saturated carbocycles. The van der Waals surface area contributed by atoms with Crippen LogP contribution < -0.4 is 11.2 Å². The summed E-state index contributed by atoms with van der Waals surface area (Å²) in [6.45, 7) is 3.27. The first kappa shape index (κ1) is 11.4. The van der Waals surface area contributed by atoms with Crippen LogP contribution in [0, 0.1) is 0 Å². The van der Waals surface area contributed by atoms with Gasteiger partial charge in [-0.2, -0.15) is 0 Å². The summed E-state index contributed by atoms with van der Waals surface area (Å²) in [5.41, 5.74) is 0. The average molecular weight is 174 g/mol. The van der Waals surface area contributed by atoms with Gasteiger partial charge in [-0.05, 0) is 19.3 Å². The van der Waals surface area contributed by atoms with Crippen molar-refractivity contribution in [1.29, 1.82) is 0 Å². The van der Waals surface area contributed by atoms with Crippen molar-refractivity contribution in [3.8, 4) is 0 Å². The molecular formula is C8H18N2O2. The highest BCUT2D eigenvalue weighted by molar-refractivity contribution is 5.75. The van der Waals surface area contributed by atoms with Crippen LogP contribution in [0.3, 0.4) is 0 Å². The molecule has 0 unspecified atom stereocenters. The topological polar surface area (TPSA) is 64.3 Å². The normalized spacial score (nSPS) is 9.83. The SMILES string of the molecule is CCCC(=O)NCCCCON. The predicted octanol–water partition coefficient (Wildman–Crippen LogP) is 0.573. The Hall–Kier alpha value is -0.610. The molecule has 0 aromatic heterocycles. The molecule has 0 spiro atoms. The smallest absolute Gasteiger partial charge is 0.219 e. The van der Waals surface area contributed by atoms with E-state index in [1.54, 1.807) is 0 Å². The van der Waals surface area contributed by atoms with Crippen molar-refractivity contribution in [2.75, 3.05) is 13.2 Å². The zero-order valence-corrected chi connectivity index (χ0v) is 7.64. The first-order valence-corrected chi connectivity index (χ1v) is 4.39. The molecule has 12 heavy (non-hydrogen) atoms. The van der Waals surface area contributed by atoms with Crippen molar-refractivity contribution < 1.29 is 9.63 Å². The number of rotatable bonds is 7. The van der Waals surface area contributed by atoms with Crippen molar-refractivity contribution in [2.24, 2.45) is 5.90 Å². The van der Waals surface area contributed by atoms with E-state index in [-0.39, 0.29) is 5.91 Å². The summed E-state index contributed by atoms with van der Waals surface area (Å²) in [5, 5.41) is 2.81. The van der Waals surface area contributed by atoms with E-state index in [0.717, 1.165) is 25.8 Å². The summed E-state index contributed by atoms with van der Waals surface area (Å²) < 4.78 is 0. The number of unbranched alkanes of at least 4 members (excludes halogenated alkanes) is 1. The summed E-state index contributed by atoms with van der Waals surface area (Å²) in [6.07, 6.45) is 3.33. The van der Waals surface area contributed by atoms with E-state index in [0.29, 0.717) is 13.0 Å². The second-order valence-electron chi connectivity index (χ2n) is 2.68. The fraction of sp³-hybridized carbons (Fsp3) is 0.875. The molecule has 4 nitrogen and oxygen atoms in total. The predicted molar refractivity (Wildman–Crippen MR) is 47.3 cm³/mol. The van der Waals surface area contributed by atoms with Gasteiger partial charge in [0.1, 0.15) is 0 Å². The summed E-state index contributed by atoms with van der Waals surface area (Å²) in [6, 6.07) is 0. The van der Waals surface area contributed by atoms with Crippen LogP contribution in [0.25, 0.3) is 0 Å². The van der Waals surface area contributed by atoms with Gasteiger partial charge in [-0.15, -0.1) is 0 Å². The minimum absolute atomic E-state index is 0.131. The third-order valence-electron chi connectivity index (χ3n) is 1.49. The lowest BCUT2D eigenvalue weighted by Crippen LogP contribution is -2.24. The van der Waals surface area contributed by atoms with Crippen LogP contribution in [0.1, 0.15) is 32.6 Å². The molecule has 72 valence electrons. The van der Waals surface area contributed by atoms with Crippen LogP contribution in [-0.4, -0.2) is 19.1 Å². The Balaban J connectivity index is 3.03. The first-order chi connectivity index (χ1) is 5.81. The fourth-order valence-electron chi connectivity index (χ4n) is 0.854. The van der Waals surface area contributed by atoms with E-state index in [9.17, 15) is 4.79 Å².